The molecule has 0 aromatic carbocycles. The molecule has 0 spiro atoms. The second-order valence-corrected chi connectivity index (χ2v) is 5.94. The zero-order valence-electron chi connectivity index (χ0n) is 12.9. The third-order valence-corrected chi connectivity index (χ3v) is 3.94. The van der Waals surface area contributed by atoms with Crippen LogP contribution < -0.4 is 10.6 Å². The van der Waals surface area contributed by atoms with E-state index >= 15 is 0 Å². The minimum absolute atomic E-state index is 0.0601. The number of nitrogens with one attached hydrogen (secondary N) is 2. The summed E-state index contributed by atoms with van der Waals surface area (Å²) < 4.78 is 39.2. The molecule has 1 aliphatic carbocycles. The van der Waals surface area contributed by atoms with Gasteiger partial charge in [-0.15, -0.1) is 6.42 Å². The van der Waals surface area contributed by atoms with Gasteiger partial charge < -0.3 is 10.6 Å². The first-order valence-corrected chi connectivity index (χ1v) is 7.28. The van der Waals surface area contributed by atoms with Crippen molar-refractivity contribution in [3.05, 3.63) is 23.6 Å². The van der Waals surface area contributed by atoms with E-state index in [-0.39, 0.29) is 24.2 Å². The fourth-order valence-electron chi connectivity index (χ4n) is 2.23. The smallest absolute Gasteiger partial charge is 0.256 e. The van der Waals surface area contributed by atoms with Crippen molar-refractivity contribution in [3.63, 3.8) is 0 Å². The summed E-state index contributed by atoms with van der Waals surface area (Å²) >= 11 is 0. The SMILES string of the molecule is C#C[C@](C)(CC)NC(=O)c1cc(F)cnc1NC1CC(F)(F)C1. The van der Waals surface area contributed by atoms with Gasteiger partial charge in [0.1, 0.15) is 11.6 Å². The Balaban J connectivity index is 2.19. The zero-order chi connectivity index (χ0) is 17.3. The lowest BCUT2D eigenvalue weighted by Crippen LogP contribution is -2.46. The standard InChI is InChI=1S/C16H18F3N3O/c1-4-15(3,5-2)22-14(23)12-6-10(17)9-20-13(12)21-11-7-16(18,19)8-11/h1,6,9,11H,5,7-8H2,2-3H3,(H,20,21)(H,22,23)/t15-/m1/s1. The van der Waals surface area contributed by atoms with Gasteiger partial charge in [-0.2, -0.15) is 0 Å². The van der Waals surface area contributed by atoms with E-state index in [0.717, 1.165) is 12.3 Å². The van der Waals surface area contributed by atoms with Gasteiger partial charge in [-0.05, 0) is 19.4 Å². The van der Waals surface area contributed by atoms with Crippen LogP contribution in [-0.2, 0) is 0 Å². The van der Waals surface area contributed by atoms with Crippen LogP contribution in [0.25, 0.3) is 0 Å². The Labute approximate surface area is 132 Å². The molecule has 23 heavy (non-hydrogen) atoms. The molecule has 0 aliphatic heterocycles. The minimum atomic E-state index is -2.70. The average molecular weight is 325 g/mol. The highest BCUT2D eigenvalue weighted by Gasteiger charge is 2.45. The molecule has 2 N–H and O–H groups in total. The fourth-order valence-corrected chi connectivity index (χ4v) is 2.23. The molecule has 1 fully saturated rings. The Hall–Kier alpha value is -2.23. The quantitative estimate of drug-likeness (QED) is 0.819. The summed E-state index contributed by atoms with van der Waals surface area (Å²) in [4.78, 5) is 16.2. The van der Waals surface area contributed by atoms with Crippen LogP contribution in [0.1, 0.15) is 43.5 Å². The fraction of sp³-hybridized carbons (Fsp3) is 0.500. The molecule has 4 nitrogen and oxygen atoms in total. The van der Waals surface area contributed by atoms with Crippen LogP contribution in [0.5, 0.6) is 0 Å². The molecule has 1 atom stereocenters. The molecule has 0 bridgehead atoms. The Morgan fingerprint density at radius 1 is 1.57 bits per heavy atom. The molecule has 1 aliphatic rings. The molecule has 0 unspecified atom stereocenters. The topological polar surface area (TPSA) is 54.0 Å². The van der Waals surface area contributed by atoms with Crippen LogP contribution >= 0.6 is 0 Å². The van der Waals surface area contributed by atoms with Crippen molar-refractivity contribution >= 4 is 11.7 Å². The molecular formula is C16H18F3N3O. The average Bonchev–Trinajstić information content (AvgIpc) is 2.46. The molecular weight excluding hydrogens is 307 g/mol. The van der Waals surface area contributed by atoms with E-state index in [2.05, 4.69) is 21.5 Å². The normalized spacial score (nSPS) is 19.1. The van der Waals surface area contributed by atoms with Crippen molar-refractivity contribution in [1.29, 1.82) is 0 Å². The number of anilines is 1. The predicted molar refractivity (Wildman–Crippen MR) is 80.8 cm³/mol. The molecule has 0 radical (unpaired) electrons. The molecule has 1 heterocycles. The molecule has 2 rings (SSSR count). The van der Waals surface area contributed by atoms with Crippen molar-refractivity contribution < 1.29 is 18.0 Å². The van der Waals surface area contributed by atoms with Gasteiger partial charge in [0.25, 0.3) is 11.8 Å². The largest absolute Gasteiger partial charge is 0.366 e. The summed E-state index contributed by atoms with van der Waals surface area (Å²) in [5.74, 6) is -1.46. The van der Waals surface area contributed by atoms with Gasteiger partial charge in [0, 0.05) is 18.9 Å². The lowest BCUT2D eigenvalue weighted by Gasteiger charge is -2.36. The summed E-state index contributed by atoms with van der Waals surface area (Å²) in [7, 11) is 0. The zero-order valence-corrected chi connectivity index (χ0v) is 12.9. The molecule has 7 heteroatoms. The first kappa shape index (κ1) is 17.1. The third kappa shape index (κ3) is 3.95. The maximum absolute atomic E-state index is 13.4. The Kier molecular flexibility index (Phi) is 4.55. The van der Waals surface area contributed by atoms with Gasteiger partial charge in [-0.25, -0.2) is 18.2 Å². The molecule has 0 saturated heterocycles. The van der Waals surface area contributed by atoms with E-state index in [1.54, 1.807) is 13.8 Å². The Morgan fingerprint density at radius 3 is 2.74 bits per heavy atom. The van der Waals surface area contributed by atoms with Crippen molar-refractivity contribution in [2.24, 2.45) is 0 Å². The van der Waals surface area contributed by atoms with Crippen LogP contribution in [0.15, 0.2) is 12.3 Å². The van der Waals surface area contributed by atoms with Crippen LogP contribution in [0.3, 0.4) is 0 Å². The van der Waals surface area contributed by atoms with Gasteiger partial charge in [-0.3, -0.25) is 4.79 Å². The lowest BCUT2D eigenvalue weighted by molar-refractivity contribution is -0.0794. The van der Waals surface area contributed by atoms with E-state index < -0.39 is 29.2 Å². The summed E-state index contributed by atoms with van der Waals surface area (Å²) in [5.41, 5.74) is -0.945. The third-order valence-electron chi connectivity index (χ3n) is 3.94. The van der Waals surface area contributed by atoms with Gasteiger partial charge in [0.05, 0.1) is 17.3 Å². The highest BCUT2D eigenvalue weighted by atomic mass is 19.3. The van der Waals surface area contributed by atoms with Crippen molar-refractivity contribution in [1.82, 2.24) is 10.3 Å². The van der Waals surface area contributed by atoms with E-state index in [4.69, 9.17) is 6.42 Å². The second kappa shape index (κ2) is 6.11. The summed E-state index contributed by atoms with van der Waals surface area (Å²) in [6.07, 6.45) is 6.12. The number of carbonyl (C=O) groups excluding carboxylic acids is 1. The monoisotopic (exact) mass is 325 g/mol. The number of pyridine rings is 1. The van der Waals surface area contributed by atoms with Gasteiger partial charge >= 0.3 is 0 Å². The minimum Gasteiger partial charge on any atom is -0.366 e. The summed E-state index contributed by atoms with van der Waals surface area (Å²) in [6, 6.07) is 0.508. The molecule has 1 saturated carbocycles. The summed E-state index contributed by atoms with van der Waals surface area (Å²) in [5, 5.41) is 5.39. The Bertz CT molecular complexity index is 648. The number of amides is 1. The molecule has 1 aromatic heterocycles. The lowest BCUT2D eigenvalue weighted by atomic mass is 9.88. The first-order valence-electron chi connectivity index (χ1n) is 7.28. The highest BCUT2D eigenvalue weighted by molar-refractivity contribution is 5.99. The first-order chi connectivity index (χ1) is 10.7. The number of hydrogen-bond donors (Lipinski definition) is 2. The predicted octanol–water partition coefficient (Wildman–Crippen LogP) is 2.96. The molecule has 124 valence electrons. The van der Waals surface area contributed by atoms with E-state index in [0.29, 0.717) is 6.42 Å². The van der Waals surface area contributed by atoms with E-state index in [1.807, 2.05) is 0 Å². The van der Waals surface area contributed by atoms with Gasteiger partial charge in [0.15, 0.2) is 0 Å². The number of nitrogens with zero attached hydrogens (tertiary/aromatic N) is 1. The van der Waals surface area contributed by atoms with E-state index in [1.165, 1.54) is 0 Å². The van der Waals surface area contributed by atoms with Crippen LogP contribution in [0, 0.1) is 18.2 Å². The van der Waals surface area contributed by atoms with Crippen LogP contribution in [0.2, 0.25) is 0 Å². The van der Waals surface area contributed by atoms with Crippen molar-refractivity contribution in [2.45, 2.75) is 50.6 Å². The maximum atomic E-state index is 13.4. The van der Waals surface area contributed by atoms with Crippen LogP contribution in [0.4, 0.5) is 19.0 Å². The molecule has 1 aromatic rings. The number of rotatable bonds is 5. The van der Waals surface area contributed by atoms with Crippen molar-refractivity contribution in [2.75, 3.05) is 5.32 Å². The number of halogens is 3. The number of hydrogen-bond acceptors (Lipinski definition) is 3. The van der Waals surface area contributed by atoms with E-state index in [9.17, 15) is 18.0 Å². The Morgan fingerprint density at radius 2 is 2.22 bits per heavy atom. The maximum Gasteiger partial charge on any atom is 0.256 e. The number of carbonyl (C=O) groups is 1. The number of alkyl halides is 2. The van der Waals surface area contributed by atoms with Crippen LogP contribution in [-0.4, -0.2) is 28.4 Å². The van der Waals surface area contributed by atoms with Crippen molar-refractivity contribution in [3.8, 4) is 12.3 Å². The number of aromatic nitrogens is 1. The number of terminal acetylenes is 1. The second-order valence-electron chi connectivity index (χ2n) is 5.94. The van der Waals surface area contributed by atoms with Gasteiger partial charge in [0.2, 0.25) is 0 Å². The van der Waals surface area contributed by atoms with Gasteiger partial charge in [-0.1, -0.05) is 12.8 Å². The molecule has 1 amide bonds. The summed E-state index contributed by atoms with van der Waals surface area (Å²) in [6.45, 7) is 3.47. The highest BCUT2D eigenvalue weighted by Crippen LogP contribution is 2.39.